The highest BCUT2D eigenvalue weighted by molar-refractivity contribution is 5.87. The van der Waals surface area contributed by atoms with Gasteiger partial charge in [-0.25, -0.2) is 14.6 Å². The number of carbonyl (C=O) groups is 2. The molecule has 0 saturated carbocycles. The molecule has 0 fully saturated rings. The number of amides is 1. The van der Waals surface area contributed by atoms with E-state index in [-0.39, 0.29) is 29.7 Å². The Morgan fingerprint density at radius 2 is 1.97 bits per heavy atom. The highest BCUT2D eigenvalue weighted by Gasteiger charge is 2.45. The molecule has 2 aliphatic rings. The number of fused-ring (bicyclic) bond motifs is 5. The van der Waals surface area contributed by atoms with E-state index < -0.39 is 17.7 Å². The maximum absolute atomic E-state index is 13.2. The molecule has 0 bridgehead atoms. The third kappa shape index (κ3) is 3.19. The lowest BCUT2D eigenvalue weighted by atomic mass is 9.86. The summed E-state index contributed by atoms with van der Waals surface area (Å²) in [5, 5.41) is 11.7. The summed E-state index contributed by atoms with van der Waals surface area (Å²) < 4.78 is 12.2. The van der Waals surface area contributed by atoms with E-state index in [2.05, 4.69) is 0 Å². The third-order valence-corrected chi connectivity index (χ3v) is 6.71. The quantitative estimate of drug-likeness (QED) is 0.463. The number of rotatable bonds is 4. The topological polar surface area (TPSA) is 111 Å². The van der Waals surface area contributed by atoms with Gasteiger partial charge in [0.2, 0.25) is 0 Å². The summed E-state index contributed by atoms with van der Waals surface area (Å²) in [5.74, 6) is -0.332. The molecular formula is C25H25N3O6. The predicted molar refractivity (Wildman–Crippen MR) is 123 cm³/mol. The van der Waals surface area contributed by atoms with Crippen molar-refractivity contribution in [3.05, 3.63) is 57.4 Å². The number of esters is 1. The fourth-order valence-corrected chi connectivity index (χ4v) is 4.67. The molecule has 0 spiro atoms. The second-order valence-electron chi connectivity index (χ2n) is 8.49. The van der Waals surface area contributed by atoms with Gasteiger partial charge in [0.1, 0.15) is 12.4 Å². The zero-order chi connectivity index (χ0) is 24.2. The number of nitrogens with zero attached hydrogens (tertiary/aromatic N) is 3. The number of pyridine rings is 2. The molecule has 1 atom stereocenters. The van der Waals surface area contributed by atoms with Crippen molar-refractivity contribution in [3.63, 3.8) is 0 Å². The van der Waals surface area contributed by atoms with Crippen LogP contribution in [0.2, 0.25) is 0 Å². The SMILES string of the molecule is CCN(CC)C(=O)Oc1ccc2nc3c(cc2c1)Cn1c-3cc2c(c1=O)COC(=O)[C@]2(O)CC. The summed E-state index contributed by atoms with van der Waals surface area (Å²) in [5.41, 5.74) is 1.09. The molecule has 5 rings (SSSR count). The maximum Gasteiger partial charge on any atom is 0.415 e. The summed E-state index contributed by atoms with van der Waals surface area (Å²) in [7, 11) is 0. The van der Waals surface area contributed by atoms with Gasteiger partial charge in [0.25, 0.3) is 5.56 Å². The molecule has 0 aliphatic carbocycles. The first kappa shape index (κ1) is 22.1. The van der Waals surface area contributed by atoms with E-state index in [9.17, 15) is 19.5 Å². The van der Waals surface area contributed by atoms with E-state index in [1.165, 1.54) is 0 Å². The monoisotopic (exact) mass is 463 g/mol. The van der Waals surface area contributed by atoms with Crippen LogP contribution < -0.4 is 10.3 Å². The van der Waals surface area contributed by atoms with Crippen LogP contribution >= 0.6 is 0 Å². The molecule has 4 heterocycles. The van der Waals surface area contributed by atoms with Gasteiger partial charge in [-0.15, -0.1) is 0 Å². The standard InChI is InChI=1S/C25H25N3O6/c1-4-25(32)18-11-20-21-15(12-28(20)22(29)17(18)13-33-23(25)30)9-14-10-16(7-8-19(14)26-21)34-24(31)27(5-2)6-3/h7-11,32H,4-6,12-13H2,1-3H3/t25-/m0/s1. The molecule has 1 aromatic carbocycles. The summed E-state index contributed by atoms with van der Waals surface area (Å²) in [4.78, 5) is 44.2. The molecule has 2 aliphatic heterocycles. The molecule has 3 aromatic rings. The lowest BCUT2D eigenvalue weighted by molar-refractivity contribution is -0.172. The summed E-state index contributed by atoms with van der Waals surface area (Å²) in [6, 6.07) is 8.81. The van der Waals surface area contributed by atoms with Crippen LogP contribution in [0.25, 0.3) is 22.3 Å². The molecule has 0 unspecified atom stereocenters. The summed E-state index contributed by atoms with van der Waals surface area (Å²) in [6.07, 6.45) is -0.322. The normalized spacial score (nSPS) is 18.2. The Kier molecular flexibility index (Phi) is 5.16. The van der Waals surface area contributed by atoms with Crippen LogP contribution in [-0.2, 0) is 28.3 Å². The van der Waals surface area contributed by atoms with E-state index in [1.54, 1.807) is 40.7 Å². The Morgan fingerprint density at radius 1 is 1.21 bits per heavy atom. The minimum Gasteiger partial charge on any atom is -0.458 e. The Hall–Kier alpha value is -3.72. The van der Waals surface area contributed by atoms with Crippen molar-refractivity contribution in [2.45, 2.75) is 45.9 Å². The van der Waals surface area contributed by atoms with Gasteiger partial charge in [0.15, 0.2) is 5.60 Å². The van der Waals surface area contributed by atoms with E-state index >= 15 is 0 Å². The average molecular weight is 463 g/mol. The highest BCUT2D eigenvalue weighted by atomic mass is 16.6. The largest absolute Gasteiger partial charge is 0.458 e. The first-order valence-corrected chi connectivity index (χ1v) is 11.4. The zero-order valence-electron chi connectivity index (χ0n) is 19.3. The molecule has 0 radical (unpaired) electrons. The van der Waals surface area contributed by atoms with Crippen LogP contribution in [-0.4, -0.2) is 44.7 Å². The lowest BCUT2D eigenvalue weighted by Gasteiger charge is -2.31. The third-order valence-electron chi connectivity index (χ3n) is 6.71. The number of carbonyl (C=O) groups excluding carboxylic acids is 2. The van der Waals surface area contributed by atoms with Crippen molar-refractivity contribution in [1.29, 1.82) is 0 Å². The second-order valence-corrected chi connectivity index (χ2v) is 8.49. The number of benzene rings is 1. The van der Waals surface area contributed by atoms with Crippen molar-refractivity contribution in [2.75, 3.05) is 13.1 Å². The van der Waals surface area contributed by atoms with Gasteiger partial charge in [-0.1, -0.05) is 6.92 Å². The highest BCUT2D eigenvalue weighted by Crippen LogP contribution is 2.38. The maximum atomic E-state index is 13.2. The minimum absolute atomic E-state index is 0.0920. The van der Waals surface area contributed by atoms with Crippen molar-refractivity contribution in [3.8, 4) is 17.1 Å². The van der Waals surface area contributed by atoms with Crippen LogP contribution in [0.5, 0.6) is 5.75 Å². The number of ether oxygens (including phenoxy) is 2. The number of hydrogen-bond acceptors (Lipinski definition) is 7. The van der Waals surface area contributed by atoms with Crippen molar-refractivity contribution in [2.24, 2.45) is 0 Å². The molecular weight excluding hydrogens is 438 g/mol. The summed E-state index contributed by atoms with van der Waals surface area (Å²) in [6.45, 7) is 6.70. The van der Waals surface area contributed by atoms with Crippen LogP contribution in [0.15, 0.2) is 35.1 Å². The molecule has 1 N–H and O–H groups in total. The molecule has 0 saturated heterocycles. The van der Waals surface area contributed by atoms with E-state index in [1.807, 2.05) is 19.9 Å². The van der Waals surface area contributed by atoms with Crippen LogP contribution in [0.1, 0.15) is 43.9 Å². The van der Waals surface area contributed by atoms with Crippen LogP contribution in [0.3, 0.4) is 0 Å². The fourth-order valence-electron chi connectivity index (χ4n) is 4.67. The summed E-state index contributed by atoms with van der Waals surface area (Å²) >= 11 is 0. The van der Waals surface area contributed by atoms with Gasteiger partial charge < -0.3 is 24.0 Å². The molecule has 9 heteroatoms. The van der Waals surface area contributed by atoms with Crippen molar-refractivity contribution in [1.82, 2.24) is 14.5 Å². The molecule has 34 heavy (non-hydrogen) atoms. The Bertz CT molecular complexity index is 1410. The zero-order valence-corrected chi connectivity index (χ0v) is 19.3. The van der Waals surface area contributed by atoms with E-state index in [0.29, 0.717) is 42.3 Å². The fraction of sp³-hybridized carbons (Fsp3) is 0.360. The van der Waals surface area contributed by atoms with Crippen LogP contribution in [0, 0.1) is 0 Å². The molecule has 2 aromatic heterocycles. The second kappa shape index (κ2) is 7.95. The Balaban J connectivity index is 1.57. The average Bonchev–Trinajstić information content (AvgIpc) is 3.19. The first-order chi connectivity index (χ1) is 16.3. The molecule has 9 nitrogen and oxygen atoms in total. The van der Waals surface area contributed by atoms with Crippen LogP contribution in [0.4, 0.5) is 4.79 Å². The van der Waals surface area contributed by atoms with E-state index in [0.717, 1.165) is 10.9 Å². The lowest BCUT2D eigenvalue weighted by Crippen LogP contribution is -2.44. The van der Waals surface area contributed by atoms with Crippen molar-refractivity contribution >= 4 is 23.0 Å². The van der Waals surface area contributed by atoms with Crippen molar-refractivity contribution < 1.29 is 24.2 Å². The van der Waals surface area contributed by atoms with E-state index in [4.69, 9.17) is 14.5 Å². The number of hydrogen-bond donors (Lipinski definition) is 1. The van der Waals surface area contributed by atoms with Gasteiger partial charge in [-0.05, 0) is 50.6 Å². The minimum atomic E-state index is -1.86. The smallest absolute Gasteiger partial charge is 0.415 e. The Labute approximate surface area is 195 Å². The number of cyclic esters (lactones) is 1. The molecule has 176 valence electrons. The predicted octanol–water partition coefficient (Wildman–Crippen LogP) is 2.92. The van der Waals surface area contributed by atoms with Gasteiger partial charge in [-0.3, -0.25) is 4.79 Å². The van der Waals surface area contributed by atoms with Gasteiger partial charge in [-0.2, -0.15) is 0 Å². The molecule has 1 amide bonds. The number of aromatic nitrogens is 2. The number of aliphatic hydroxyl groups is 1. The van der Waals surface area contributed by atoms with Gasteiger partial charge in [0.05, 0.1) is 29.0 Å². The first-order valence-electron chi connectivity index (χ1n) is 11.4. The Morgan fingerprint density at radius 3 is 2.68 bits per heavy atom. The van der Waals surface area contributed by atoms with Gasteiger partial charge >= 0.3 is 12.1 Å². The van der Waals surface area contributed by atoms with Gasteiger partial charge in [0, 0.05) is 29.6 Å².